The number of para-hydroxylation sites is 2. The third kappa shape index (κ3) is 7.30. The third-order valence-corrected chi connectivity index (χ3v) is 10.5. The summed E-state index contributed by atoms with van der Waals surface area (Å²) in [5, 5.41) is 21.3. The van der Waals surface area contributed by atoms with Crippen LogP contribution in [0, 0.1) is 0 Å². The van der Waals surface area contributed by atoms with E-state index in [1.54, 1.807) is 0 Å². The number of fused-ring (bicyclic) bond motifs is 2. The van der Waals surface area contributed by atoms with Crippen LogP contribution >= 0.6 is 0 Å². The molecule has 0 amide bonds. The predicted octanol–water partition coefficient (Wildman–Crippen LogP) is 4.21. The number of aryl methyl sites for hydroxylation is 2. The molecule has 7 rings (SSSR count). The highest BCUT2D eigenvalue weighted by atomic mass is 16.3. The molecule has 0 atom stereocenters. The predicted molar refractivity (Wildman–Crippen MR) is 206 cm³/mol. The van der Waals surface area contributed by atoms with Gasteiger partial charge in [-0.1, -0.05) is 48.5 Å². The van der Waals surface area contributed by atoms with Crippen LogP contribution in [-0.4, -0.2) is 98.7 Å². The minimum Gasteiger partial charge on any atom is -0.395 e. The molecule has 2 fully saturated rings. The van der Waals surface area contributed by atoms with Gasteiger partial charge in [-0.2, -0.15) is 9.13 Å². The second-order valence-electron chi connectivity index (χ2n) is 13.5. The van der Waals surface area contributed by atoms with Crippen LogP contribution in [0.15, 0.2) is 84.9 Å². The Balaban J connectivity index is 1.10. The van der Waals surface area contributed by atoms with Crippen LogP contribution in [0.25, 0.3) is 46.1 Å². The zero-order chi connectivity index (χ0) is 34.5. The summed E-state index contributed by atoms with van der Waals surface area (Å²) >= 11 is 0. The van der Waals surface area contributed by atoms with Crippen molar-refractivity contribution in [3.63, 3.8) is 0 Å². The molecule has 0 unspecified atom stereocenters. The van der Waals surface area contributed by atoms with Crippen molar-refractivity contribution in [3.05, 3.63) is 107 Å². The molecule has 2 aliphatic rings. The normalized spacial score (nSPS) is 16.5. The Bertz CT molecular complexity index is 1850. The lowest BCUT2D eigenvalue weighted by Crippen LogP contribution is -2.47. The first-order valence-corrected chi connectivity index (χ1v) is 18.0. The van der Waals surface area contributed by atoms with Crippen molar-refractivity contribution >= 4 is 57.5 Å². The van der Waals surface area contributed by atoms with Crippen LogP contribution in [0.2, 0.25) is 0 Å². The summed E-state index contributed by atoms with van der Waals surface area (Å²) in [5.41, 5.74) is 9.63. The topological polar surface area (TPSA) is 61.2 Å². The van der Waals surface area contributed by atoms with Gasteiger partial charge < -0.3 is 20.0 Å². The molecule has 8 heteroatoms. The van der Waals surface area contributed by atoms with E-state index in [1.807, 2.05) is 0 Å². The average molecular weight is 671 g/mol. The van der Waals surface area contributed by atoms with Gasteiger partial charge in [0.05, 0.1) is 35.4 Å². The first-order chi connectivity index (χ1) is 24.5. The highest BCUT2D eigenvalue weighted by Crippen LogP contribution is 2.29. The minimum atomic E-state index is 0.214. The number of aliphatic hydroxyl groups is 2. The summed E-state index contributed by atoms with van der Waals surface area (Å²) in [5.74, 6) is 0. The number of aliphatic hydroxyl groups excluding tert-OH is 2. The molecule has 2 N–H and O–H groups in total. The van der Waals surface area contributed by atoms with Crippen molar-refractivity contribution in [2.75, 3.05) is 88.5 Å². The van der Waals surface area contributed by atoms with Gasteiger partial charge in [-0.05, 0) is 35.4 Å². The van der Waals surface area contributed by atoms with Crippen LogP contribution in [0.1, 0.15) is 22.5 Å². The van der Waals surface area contributed by atoms with Crippen LogP contribution in [0.5, 0.6) is 0 Å². The molecule has 4 heterocycles. The fraction of sp³-hybridized carbons (Fsp3) is 0.333. The molecular formula is C42H50N6O2+2. The van der Waals surface area contributed by atoms with Gasteiger partial charge in [-0.15, -0.1) is 0 Å². The molecule has 5 aromatic rings. The van der Waals surface area contributed by atoms with E-state index < -0.39 is 0 Å². The fourth-order valence-electron chi connectivity index (χ4n) is 7.51. The summed E-state index contributed by atoms with van der Waals surface area (Å²) in [6, 6.07) is 30.8. The first-order valence-electron chi connectivity index (χ1n) is 18.0. The number of nitrogens with zero attached hydrogens (tertiary/aromatic N) is 6. The van der Waals surface area contributed by atoms with Gasteiger partial charge in [0, 0.05) is 102 Å². The zero-order valence-electron chi connectivity index (χ0n) is 29.5. The number of piperazine rings is 2. The van der Waals surface area contributed by atoms with E-state index in [9.17, 15) is 10.2 Å². The number of pyridine rings is 2. The molecule has 258 valence electrons. The van der Waals surface area contributed by atoms with Crippen LogP contribution in [0.3, 0.4) is 0 Å². The molecule has 3 aromatic carbocycles. The number of hydrogen-bond acceptors (Lipinski definition) is 6. The van der Waals surface area contributed by atoms with Gasteiger partial charge in [0.2, 0.25) is 22.4 Å². The molecule has 0 aliphatic carbocycles. The Labute approximate surface area is 296 Å². The van der Waals surface area contributed by atoms with Crippen molar-refractivity contribution < 1.29 is 19.3 Å². The summed E-state index contributed by atoms with van der Waals surface area (Å²) in [7, 11) is 4.29. The second kappa shape index (κ2) is 15.5. The maximum Gasteiger partial charge on any atom is 0.214 e. The molecule has 0 spiro atoms. The fourth-order valence-corrected chi connectivity index (χ4v) is 7.51. The van der Waals surface area contributed by atoms with E-state index in [0.717, 1.165) is 88.0 Å². The largest absolute Gasteiger partial charge is 0.395 e. The van der Waals surface area contributed by atoms with Crippen LogP contribution in [-0.2, 0) is 14.1 Å². The molecule has 2 aromatic heterocycles. The van der Waals surface area contributed by atoms with Crippen molar-refractivity contribution in [1.29, 1.82) is 0 Å². The number of β-amino-alcohol motifs (C(OH)–C–C–N with tert-alkyl or cyclic N) is 2. The molecule has 50 heavy (non-hydrogen) atoms. The quantitative estimate of drug-likeness (QED) is 0.217. The van der Waals surface area contributed by atoms with E-state index in [4.69, 9.17) is 0 Å². The first kappa shape index (κ1) is 33.9. The SMILES string of the molecule is C[n+]1c(/C=C/c2ccc(/C=C/c3cc(N4CCN(CCO)CC4)c4ccccc4[n+]3C)cc2)cc(N2CCN(CCO)CC2)c2ccccc21. The van der Waals surface area contributed by atoms with Crippen molar-refractivity contribution in [1.82, 2.24) is 9.80 Å². The van der Waals surface area contributed by atoms with Gasteiger partial charge >= 0.3 is 0 Å². The van der Waals surface area contributed by atoms with Crippen LogP contribution < -0.4 is 18.9 Å². The van der Waals surface area contributed by atoms with Crippen molar-refractivity contribution in [3.8, 4) is 0 Å². The maximum atomic E-state index is 9.38. The number of aromatic nitrogens is 2. The highest BCUT2D eigenvalue weighted by molar-refractivity contribution is 5.92. The van der Waals surface area contributed by atoms with Crippen molar-refractivity contribution in [2.24, 2.45) is 14.1 Å². The number of hydrogen-bond donors (Lipinski definition) is 2. The Hall–Kier alpha value is -4.60. The monoisotopic (exact) mass is 670 g/mol. The lowest BCUT2D eigenvalue weighted by molar-refractivity contribution is -0.646. The summed E-state index contributed by atoms with van der Waals surface area (Å²) in [6.45, 7) is 9.59. The Morgan fingerprint density at radius 1 is 0.520 bits per heavy atom. The van der Waals surface area contributed by atoms with Gasteiger partial charge in [0.15, 0.2) is 0 Å². The van der Waals surface area contributed by atoms with E-state index in [2.05, 4.69) is 152 Å². The molecule has 8 nitrogen and oxygen atoms in total. The molecule has 2 aliphatic heterocycles. The number of rotatable bonds is 10. The summed E-state index contributed by atoms with van der Waals surface area (Å²) in [6.07, 6.45) is 8.86. The minimum absolute atomic E-state index is 0.214. The standard InChI is InChI=1S/C42H50N6O2/c1-43-35(31-41(37-7-3-5-9-39(37)43)47-23-19-45(20-24-47)27-29-49)17-15-33-11-13-34(14-12-33)16-18-36-32-42(38-8-4-6-10-40(38)44(36)2)48-25-21-46(22-26-48)28-30-50/h3-18,31-32,49-50H,19-30H2,1-2H3/q+2/b17-15+,18-16+. The van der Waals surface area contributed by atoms with E-state index >= 15 is 0 Å². The maximum absolute atomic E-state index is 9.38. The van der Waals surface area contributed by atoms with Gasteiger partial charge in [-0.3, -0.25) is 9.80 Å². The molecule has 0 saturated carbocycles. The van der Waals surface area contributed by atoms with E-state index in [1.165, 1.54) is 33.2 Å². The Morgan fingerprint density at radius 2 is 0.900 bits per heavy atom. The lowest BCUT2D eigenvalue weighted by Gasteiger charge is -2.36. The second-order valence-corrected chi connectivity index (χ2v) is 13.5. The van der Waals surface area contributed by atoms with Gasteiger partial charge in [0.25, 0.3) is 0 Å². The molecule has 0 bridgehead atoms. The smallest absolute Gasteiger partial charge is 0.214 e. The number of anilines is 2. The van der Waals surface area contributed by atoms with E-state index in [0.29, 0.717) is 0 Å². The van der Waals surface area contributed by atoms with E-state index in [-0.39, 0.29) is 13.2 Å². The van der Waals surface area contributed by atoms with Crippen molar-refractivity contribution in [2.45, 2.75) is 0 Å². The third-order valence-electron chi connectivity index (χ3n) is 10.5. The van der Waals surface area contributed by atoms with Crippen LogP contribution in [0.4, 0.5) is 11.4 Å². The Morgan fingerprint density at radius 3 is 1.28 bits per heavy atom. The Kier molecular flexibility index (Phi) is 10.5. The zero-order valence-corrected chi connectivity index (χ0v) is 29.5. The van der Waals surface area contributed by atoms with Gasteiger partial charge in [-0.25, -0.2) is 0 Å². The molecule has 2 saturated heterocycles. The average Bonchev–Trinajstić information content (AvgIpc) is 3.16. The summed E-state index contributed by atoms with van der Waals surface area (Å²) in [4.78, 5) is 9.66. The number of benzene rings is 3. The van der Waals surface area contributed by atoms with Gasteiger partial charge in [0.1, 0.15) is 14.1 Å². The molecular weight excluding hydrogens is 621 g/mol. The highest BCUT2D eigenvalue weighted by Gasteiger charge is 2.24. The molecule has 0 radical (unpaired) electrons. The summed E-state index contributed by atoms with van der Waals surface area (Å²) < 4.78 is 4.56. The lowest BCUT2D eigenvalue weighted by atomic mass is 10.1.